The number of fused-ring (bicyclic) bond motifs is 3. The molecule has 27 heavy (non-hydrogen) atoms. The van der Waals surface area contributed by atoms with Crippen LogP contribution < -0.4 is 0 Å². The lowest BCUT2D eigenvalue weighted by Crippen LogP contribution is -2.21. The molecule has 1 aromatic carbocycles. The predicted octanol–water partition coefficient (Wildman–Crippen LogP) is 3.62. The maximum Gasteiger partial charge on any atom is 0.263 e. The summed E-state index contributed by atoms with van der Waals surface area (Å²) < 4.78 is 1.75. The van der Waals surface area contributed by atoms with Gasteiger partial charge < -0.3 is 4.90 Å². The molecule has 1 saturated carbocycles. The van der Waals surface area contributed by atoms with Crippen molar-refractivity contribution < 1.29 is 4.79 Å². The predicted molar refractivity (Wildman–Crippen MR) is 105 cm³/mol. The molecular formula is C20H19N5OS. The van der Waals surface area contributed by atoms with Crippen molar-refractivity contribution in [3.05, 3.63) is 58.5 Å². The van der Waals surface area contributed by atoms with Gasteiger partial charge in [0.15, 0.2) is 11.5 Å². The molecule has 1 aliphatic carbocycles. The fourth-order valence-electron chi connectivity index (χ4n) is 3.66. The number of benzene rings is 1. The highest BCUT2D eigenvalue weighted by Gasteiger charge is 2.42. The number of carbonyl (C=O) groups is 1. The average molecular weight is 377 g/mol. The van der Waals surface area contributed by atoms with Crippen molar-refractivity contribution in [1.29, 1.82) is 0 Å². The first kappa shape index (κ1) is 16.4. The first-order valence-electron chi connectivity index (χ1n) is 8.95. The van der Waals surface area contributed by atoms with Gasteiger partial charge in [0.1, 0.15) is 11.2 Å². The molecule has 3 aromatic heterocycles. The Bertz CT molecular complexity index is 1180. The molecule has 0 bridgehead atoms. The summed E-state index contributed by atoms with van der Waals surface area (Å²) >= 11 is 1.42. The lowest BCUT2D eigenvalue weighted by atomic mass is 10.1. The second-order valence-corrected chi connectivity index (χ2v) is 8.28. The summed E-state index contributed by atoms with van der Waals surface area (Å²) in [5, 5.41) is 5.62. The second kappa shape index (κ2) is 5.85. The van der Waals surface area contributed by atoms with Crippen molar-refractivity contribution in [3.8, 4) is 0 Å². The number of thiophene rings is 1. The third kappa shape index (κ3) is 2.53. The third-order valence-corrected chi connectivity index (χ3v) is 6.42. The number of aryl methyl sites for hydroxylation is 1. The van der Waals surface area contributed by atoms with E-state index < -0.39 is 0 Å². The smallest absolute Gasteiger partial charge is 0.263 e. The Morgan fingerprint density at radius 2 is 2.00 bits per heavy atom. The minimum atomic E-state index is -0.000256. The molecule has 0 saturated heterocycles. The zero-order chi connectivity index (χ0) is 18.7. The van der Waals surface area contributed by atoms with Crippen LogP contribution in [-0.4, -0.2) is 44.5 Å². The Labute approximate surface area is 160 Å². The summed E-state index contributed by atoms with van der Waals surface area (Å²) in [6.07, 6.45) is 2.78. The highest BCUT2D eigenvalue weighted by molar-refractivity contribution is 7.20. The first-order chi connectivity index (χ1) is 13.0. The zero-order valence-corrected chi connectivity index (χ0v) is 16.2. The van der Waals surface area contributed by atoms with Crippen molar-refractivity contribution in [2.75, 3.05) is 14.1 Å². The molecule has 6 nitrogen and oxygen atoms in total. The molecule has 0 N–H and O–H groups in total. The third-order valence-electron chi connectivity index (χ3n) is 5.23. The van der Waals surface area contributed by atoms with Crippen LogP contribution in [0.2, 0.25) is 0 Å². The SMILES string of the molecule is Cc1c(C(=O)N(C)C)sc2ncn3nc([C@H]4C[C@H]4c4ccccc4)nc3c12. The van der Waals surface area contributed by atoms with Gasteiger partial charge in [-0.3, -0.25) is 4.79 Å². The molecule has 0 radical (unpaired) electrons. The molecule has 5 rings (SSSR count). The van der Waals surface area contributed by atoms with E-state index in [2.05, 4.69) is 34.3 Å². The molecule has 0 aliphatic heterocycles. The Hall–Kier alpha value is -2.80. The van der Waals surface area contributed by atoms with Crippen LogP contribution in [-0.2, 0) is 0 Å². The van der Waals surface area contributed by atoms with Gasteiger partial charge in [-0.05, 0) is 30.4 Å². The van der Waals surface area contributed by atoms with Gasteiger partial charge in [-0.1, -0.05) is 30.3 Å². The molecule has 1 fully saturated rings. The number of nitrogens with zero attached hydrogens (tertiary/aromatic N) is 5. The molecule has 7 heteroatoms. The van der Waals surface area contributed by atoms with Gasteiger partial charge >= 0.3 is 0 Å². The number of hydrogen-bond donors (Lipinski definition) is 0. The molecule has 0 unspecified atom stereocenters. The van der Waals surface area contributed by atoms with Crippen molar-refractivity contribution >= 4 is 33.1 Å². The number of rotatable bonds is 3. The Morgan fingerprint density at radius 3 is 2.74 bits per heavy atom. The second-order valence-electron chi connectivity index (χ2n) is 7.28. The van der Waals surface area contributed by atoms with E-state index in [1.807, 2.05) is 13.0 Å². The summed E-state index contributed by atoms with van der Waals surface area (Å²) in [4.78, 5) is 25.0. The molecule has 4 aromatic rings. The number of hydrogen-bond acceptors (Lipinski definition) is 5. The maximum absolute atomic E-state index is 12.5. The normalized spacial score (nSPS) is 18.9. The van der Waals surface area contributed by atoms with E-state index in [1.165, 1.54) is 16.9 Å². The number of amides is 1. The van der Waals surface area contributed by atoms with Crippen LogP contribution in [0.25, 0.3) is 15.9 Å². The van der Waals surface area contributed by atoms with Crippen molar-refractivity contribution in [2.24, 2.45) is 0 Å². The van der Waals surface area contributed by atoms with Crippen molar-refractivity contribution in [1.82, 2.24) is 24.5 Å². The van der Waals surface area contributed by atoms with E-state index in [4.69, 9.17) is 4.98 Å². The monoisotopic (exact) mass is 377 g/mol. The standard InChI is InChI=1S/C20H19N5OS/c1-11-15-18-22-17(14-9-13(14)12-7-5-4-6-8-12)23-25(18)10-21-19(15)27-16(11)20(26)24(2)3/h4-8,10,13-14H,9H2,1-3H3/t13-,14-/m0/s1. The molecule has 2 atom stereocenters. The largest absolute Gasteiger partial charge is 0.344 e. The molecule has 0 spiro atoms. The summed E-state index contributed by atoms with van der Waals surface area (Å²) in [5.74, 6) is 1.70. The van der Waals surface area contributed by atoms with Crippen LogP contribution in [0.1, 0.15) is 44.9 Å². The summed E-state index contributed by atoms with van der Waals surface area (Å²) in [5.41, 5.74) is 3.07. The van der Waals surface area contributed by atoms with Crippen LogP contribution in [0.5, 0.6) is 0 Å². The topological polar surface area (TPSA) is 63.4 Å². The lowest BCUT2D eigenvalue weighted by molar-refractivity contribution is 0.0831. The van der Waals surface area contributed by atoms with Crippen LogP contribution in [0.4, 0.5) is 0 Å². The van der Waals surface area contributed by atoms with Gasteiger partial charge in [0, 0.05) is 20.0 Å². The van der Waals surface area contributed by atoms with Crippen molar-refractivity contribution in [2.45, 2.75) is 25.2 Å². The Balaban J connectivity index is 1.58. The fraction of sp³-hybridized carbons (Fsp3) is 0.300. The van der Waals surface area contributed by atoms with E-state index in [-0.39, 0.29) is 5.91 Å². The Kier molecular flexibility index (Phi) is 3.55. The minimum Gasteiger partial charge on any atom is -0.344 e. The first-order valence-corrected chi connectivity index (χ1v) is 9.77. The Morgan fingerprint density at radius 1 is 1.22 bits per heavy atom. The van der Waals surface area contributed by atoms with Gasteiger partial charge in [-0.2, -0.15) is 0 Å². The van der Waals surface area contributed by atoms with Crippen molar-refractivity contribution in [3.63, 3.8) is 0 Å². The van der Waals surface area contributed by atoms with E-state index in [0.29, 0.717) is 16.7 Å². The van der Waals surface area contributed by atoms with Gasteiger partial charge in [0.2, 0.25) is 0 Å². The van der Waals surface area contributed by atoms with Crippen LogP contribution in [0.15, 0.2) is 36.7 Å². The molecule has 1 amide bonds. The number of aromatic nitrogens is 4. The fourth-order valence-corrected chi connectivity index (χ4v) is 4.83. The van der Waals surface area contributed by atoms with E-state index in [9.17, 15) is 4.79 Å². The average Bonchev–Trinajstić information content (AvgIpc) is 3.25. The van der Waals surface area contributed by atoms with Gasteiger partial charge in [-0.25, -0.2) is 14.5 Å². The highest BCUT2D eigenvalue weighted by Crippen LogP contribution is 2.53. The summed E-state index contributed by atoms with van der Waals surface area (Å²) in [6, 6.07) is 10.5. The van der Waals surface area contributed by atoms with E-state index in [1.54, 1.807) is 29.8 Å². The van der Waals surface area contributed by atoms with Crippen LogP contribution in [0, 0.1) is 6.92 Å². The molecular weight excluding hydrogens is 358 g/mol. The molecule has 1 aliphatic rings. The quantitative estimate of drug-likeness (QED) is 0.547. The lowest BCUT2D eigenvalue weighted by Gasteiger charge is -2.08. The van der Waals surface area contributed by atoms with E-state index >= 15 is 0 Å². The minimum absolute atomic E-state index is 0.000256. The highest BCUT2D eigenvalue weighted by atomic mass is 32.1. The van der Waals surface area contributed by atoms with Gasteiger partial charge in [0.05, 0.1) is 10.3 Å². The van der Waals surface area contributed by atoms with Gasteiger partial charge in [-0.15, -0.1) is 16.4 Å². The number of carbonyl (C=O) groups excluding carboxylic acids is 1. The molecule has 3 heterocycles. The van der Waals surface area contributed by atoms with Gasteiger partial charge in [0.25, 0.3) is 5.91 Å². The van der Waals surface area contributed by atoms with Crippen LogP contribution >= 0.6 is 11.3 Å². The van der Waals surface area contributed by atoms with Crippen LogP contribution in [0.3, 0.4) is 0 Å². The maximum atomic E-state index is 12.5. The summed E-state index contributed by atoms with van der Waals surface area (Å²) in [7, 11) is 3.53. The molecule has 136 valence electrons. The summed E-state index contributed by atoms with van der Waals surface area (Å²) in [6.45, 7) is 1.97. The zero-order valence-electron chi connectivity index (χ0n) is 15.4. The van der Waals surface area contributed by atoms with E-state index in [0.717, 1.165) is 33.7 Å².